The lowest BCUT2D eigenvalue weighted by molar-refractivity contribution is 0.103. The SMILES string of the molecule is COc1ccc(C(=O)c2c[nH]c3ncccc23)c(OC)c1. The van der Waals surface area contributed by atoms with Crippen LogP contribution >= 0.6 is 0 Å². The van der Waals surface area contributed by atoms with Crippen LogP contribution in [0, 0.1) is 0 Å². The molecule has 3 aromatic rings. The third kappa shape index (κ3) is 2.23. The minimum atomic E-state index is -0.117. The highest BCUT2D eigenvalue weighted by Crippen LogP contribution is 2.28. The number of ketones is 1. The fourth-order valence-electron chi connectivity index (χ4n) is 2.27. The van der Waals surface area contributed by atoms with Gasteiger partial charge >= 0.3 is 0 Å². The van der Waals surface area contributed by atoms with Gasteiger partial charge in [-0.1, -0.05) is 0 Å². The molecule has 21 heavy (non-hydrogen) atoms. The molecule has 0 bridgehead atoms. The van der Waals surface area contributed by atoms with E-state index in [0.717, 1.165) is 5.39 Å². The van der Waals surface area contributed by atoms with Crippen LogP contribution in [0.15, 0.2) is 42.7 Å². The molecule has 0 saturated heterocycles. The Bertz CT molecular complexity index is 808. The van der Waals surface area contributed by atoms with Crippen molar-refractivity contribution in [1.82, 2.24) is 9.97 Å². The quantitative estimate of drug-likeness (QED) is 0.747. The molecule has 2 aromatic heterocycles. The van der Waals surface area contributed by atoms with Crippen molar-refractivity contribution in [1.29, 1.82) is 0 Å². The van der Waals surface area contributed by atoms with Crippen LogP contribution < -0.4 is 9.47 Å². The fraction of sp³-hybridized carbons (Fsp3) is 0.125. The van der Waals surface area contributed by atoms with Gasteiger partial charge in [0.1, 0.15) is 17.1 Å². The summed E-state index contributed by atoms with van der Waals surface area (Å²) in [6.45, 7) is 0. The van der Waals surface area contributed by atoms with Crippen molar-refractivity contribution in [2.75, 3.05) is 14.2 Å². The van der Waals surface area contributed by atoms with Gasteiger partial charge in [-0.2, -0.15) is 0 Å². The lowest BCUT2D eigenvalue weighted by Gasteiger charge is -2.09. The van der Waals surface area contributed by atoms with E-state index < -0.39 is 0 Å². The maximum absolute atomic E-state index is 12.7. The van der Waals surface area contributed by atoms with Gasteiger partial charge in [-0.3, -0.25) is 4.79 Å². The number of aromatic amines is 1. The Morgan fingerprint density at radius 3 is 2.76 bits per heavy atom. The monoisotopic (exact) mass is 282 g/mol. The summed E-state index contributed by atoms with van der Waals surface area (Å²) >= 11 is 0. The van der Waals surface area contributed by atoms with E-state index in [0.29, 0.717) is 28.3 Å². The summed E-state index contributed by atoms with van der Waals surface area (Å²) in [5.74, 6) is 1.01. The number of rotatable bonds is 4. The van der Waals surface area contributed by atoms with Gasteiger partial charge in [-0.05, 0) is 24.3 Å². The largest absolute Gasteiger partial charge is 0.497 e. The van der Waals surface area contributed by atoms with Crippen molar-refractivity contribution in [3.8, 4) is 11.5 Å². The standard InChI is InChI=1S/C16H14N2O3/c1-20-10-5-6-12(14(8-10)21-2)15(19)13-9-18-16-11(13)4-3-7-17-16/h3-9H,1-2H3,(H,17,18). The van der Waals surface area contributed by atoms with E-state index in [1.807, 2.05) is 6.07 Å². The van der Waals surface area contributed by atoms with Gasteiger partial charge in [0.25, 0.3) is 0 Å². The van der Waals surface area contributed by atoms with Crippen LogP contribution in [-0.4, -0.2) is 30.0 Å². The van der Waals surface area contributed by atoms with Crippen LogP contribution in [0.5, 0.6) is 11.5 Å². The molecule has 2 heterocycles. The molecule has 0 aliphatic rings. The first-order valence-corrected chi connectivity index (χ1v) is 6.43. The number of benzene rings is 1. The number of carbonyl (C=O) groups is 1. The zero-order chi connectivity index (χ0) is 14.8. The van der Waals surface area contributed by atoms with Crippen molar-refractivity contribution in [2.24, 2.45) is 0 Å². The van der Waals surface area contributed by atoms with Crippen molar-refractivity contribution in [3.05, 3.63) is 53.9 Å². The molecule has 5 nitrogen and oxygen atoms in total. The van der Waals surface area contributed by atoms with E-state index in [-0.39, 0.29) is 5.78 Å². The molecule has 0 atom stereocenters. The summed E-state index contributed by atoms with van der Waals surface area (Å²) in [4.78, 5) is 19.9. The average Bonchev–Trinajstić information content (AvgIpc) is 2.97. The number of fused-ring (bicyclic) bond motifs is 1. The van der Waals surface area contributed by atoms with E-state index >= 15 is 0 Å². The predicted octanol–water partition coefficient (Wildman–Crippen LogP) is 2.81. The van der Waals surface area contributed by atoms with Crippen LogP contribution in [0.1, 0.15) is 15.9 Å². The number of carbonyl (C=O) groups excluding carboxylic acids is 1. The Kier molecular flexibility index (Phi) is 3.31. The minimum absolute atomic E-state index is 0.117. The highest BCUT2D eigenvalue weighted by molar-refractivity contribution is 6.17. The van der Waals surface area contributed by atoms with Crippen molar-refractivity contribution in [3.63, 3.8) is 0 Å². The summed E-state index contributed by atoms with van der Waals surface area (Å²) in [6.07, 6.45) is 3.35. The van der Waals surface area contributed by atoms with Gasteiger partial charge in [-0.25, -0.2) is 4.98 Å². The summed E-state index contributed by atoms with van der Waals surface area (Å²) < 4.78 is 10.4. The zero-order valence-corrected chi connectivity index (χ0v) is 11.7. The Morgan fingerprint density at radius 1 is 1.14 bits per heavy atom. The number of H-pyrrole nitrogens is 1. The van der Waals surface area contributed by atoms with Gasteiger partial charge < -0.3 is 14.5 Å². The van der Waals surface area contributed by atoms with Crippen molar-refractivity contribution in [2.45, 2.75) is 0 Å². The minimum Gasteiger partial charge on any atom is -0.497 e. The molecule has 106 valence electrons. The highest BCUT2D eigenvalue weighted by Gasteiger charge is 2.18. The highest BCUT2D eigenvalue weighted by atomic mass is 16.5. The van der Waals surface area contributed by atoms with Crippen molar-refractivity contribution >= 4 is 16.8 Å². The van der Waals surface area contributed by atoms with E-state index in [4.69, 9.17) is 9.47 Å². The second-order valence-corrected chi connectivity index (χ2v) is 4.50. The molecule has 1 N–H and O–H groups in total. The predicted molar refractivity (Wildman–Crippen MR) is 79.1 cm³/mol. The van der Waals surface area contributed by atoms with Crippen molar-refractivity contribution < 1.29 is 14.3 Å². The molecular formula is C16H14N2O3. The molecule has 0 aliphatic heterocycles. The van der Waals surface area contributed by atoms with Gasteiger partial charge in [0.2, 0.25) is 0 Å². The maximum Gasteiger partial charge on any atom is 0.198 e. The molecule has 0 spiro atoms. The first-order valence-electron chi connectivity index (χ1n) is 6.43. The van der Waals surface area contributed by atoms with Gasteiger partial charge in [-0.15, -0.1) is 0 Å². The van der Waals surface area contributed by atoms with Gasteiger partial charge in [0.15, 0.2) is 5.78 Å². The third-order valence-electron chi connectivity index (χ3n) is 3.35. The Hall–Kier alpha value is -2.82. The zero-order valence-electron chi connectivity index (χ0n) is 11.7. The average molecular weight is 282 g/mol. The number of aromatic nitrogens is 2. The molecule has 5 heteroatoms. The molecule has 0 amide bonds. The number of methoxy groups -OCH3 is 2. The molecule has 0 aliphatic carbocycles. The Labute approximate surface area is 121 Å². The smallest absolute Gasteiger partial charge is 0.198 e. The first kappa shape index (κ1) is 13.2. The van der Waals surface area contributed by atoms with Crippen LogP contribution in [0.25, 0.3) is 11.0 Å². The van der Waals surface area contributed by atoms with E-state index in [2.05, 4.69) is 9.97 Å². The molecule has 0 fully saturated rings. The lowest BCUT2D eigenvalue weighted by Crippen LogP contribution is -2.03. The number of nitrogens with zero attached hydrogens (tertiary/aromatic N) is 1. The fourth-order valence-corrected chi connectivity index (χ4v) is 2.27. The third-order valence-corrected chi connectivity index (χ3v) is 3.35. The van der Waals surface area contributed by atoms with E-state index in [1.54, 1.807) is 43.8 Å². The molecule has 0 unspecified atom stereocenters. The summed E-state index contributed by atoms with van der Waals surface area (Å²) in [5, 5.41) is 0.792. The first-order chi connectivity index (χ1) is 10.2. The second-order valence-electron chi connectivity index (χ2n) is 4.50. The van der Waals surface area contributed by atoms with Crippen LogP contribution in [-0.2, 0) is 0 Å². The lowest BCUT2D eigenvalue weighted by atomic mass is 10.0. The number of hydrogen-bond acceptors (Lipinski definition) is 4. The molecule has 1 aromatic carbocycles. The number of nitrogens with one attached hydrogen (secondary N) is 1. The number of hydrogen-bond donors (Lipinski definition) is 1. The van der Waals surface area contributed by atoms with Crippen LogP contribution in [0.2, 0.25) is 0 Å². The normalized spacial score (nSPS) is 10.6. The number of ether oxygens (including phenoxy) is 2. The Morgan fingerprint density at radius 2 is 2.00 bits per heavy atom. The maximum atomic E-state index is 12.7. The van der Waals surface area contributed by atoms with Crippen LogP contribution in [0.4, 0.5) is 0 Å². The summed E-state index contributed by atoms with van der Waals surface area (Å²) in [7, 11) is 3.10. The van der Waals surface area contributed by atoms with Gasteiger partial charge in [0.05, 0.1) is 19.8 Å². The molecule has 3 rings (SSSR count). The molecular weight excluding hydrogens is 268 g/mol. The topological polar surface area (TPSA) is 64.2 Å². The van der Waals surface area contributed by atoms with E-state index in [9.17, 15) is 4.79 Å². The van der Waals surface area contributed by atoms with Gasteiger partial charge in [0, 0.05) is 29.4 Å². The number of pyridine rings is 1. The van der Waals surface area contributed by atoms with E-state index in [1.165, 1.54) is 7.11 Å². The molecule has 0 radical (unpaired) electrons. The summed E-state index contributed by atoms with van der Waals surface area (Å²) in [5.41, 5.74) is 1.75. The second kappa shape index (κ2) is 5.28. The van der Waals surface area contributed by atoms with Crippen LogP contribution in [0.3, 0.4) is 0 Å². The molecule has 0 saturated carbocycles. The summed E-state index contributed by atoms with van der Waals surface area (Å²) in [6, 6.07) is 8.80. The Balaban J connectivity index is 2.10.